The van der Waals surface area contributed by atoms with Gasteiger partial charge in [0.15, 0.2) is 0 Å². The molecule has 1 unspecified atom stereocenters. The lowest BCUT2D eigenvalue weighted by molar-refractivity contribution is -0.137. The summed E-state index contributed by atoms with van der Waals surface area (Å²) >= 11 is 1.38. The molecule has 1 aliphatic rings. The Bertz CT molecular complexity index is 882. The summed E-state index contributed by atoms with van der Waals surface area (Å²) in [5.41, 5.74) is -0.603. The molecule has 1 aliphatic heterocycles. The first-order chi connectivity index (χ1) is 14.6. The van der Waals surface area contributed by atoms with E-state index < -0.39 is 11.7 Å². The largest absolute Gasteiger partial charge is 0.416 e. The van der Waals surface area contributed by atoms with Crippen molar-refractivity contribution in [3.05, 3.63) is 57.8 Å². The summed E-state index contributed by atoms with van der Waals surface area (Å²) in [5, 5.41) is 1.85. The number of hydrogen-bond acceptors (Lipinski definition) is 4. The van der Waals surface area contributed by atoms with E-state index in [0.717, 1.165) is 12.1 Å². The number of amides is 2. The minimum atomic E-state index is -4.45. The molecule has 1 atom stereocenters. The second-order valence-electron chi connectivity index (χ2n) is 7.90. The van der Waals surface area contributed by atoms with Gasteiger partial charge < -0.3 is 14.5 Å². The highest BCUT2D eigenvalue weighted by Crippen LogP contribution is 2.29. The lowest BCUT2D eigenvalue weighted by Crippen LogP contribution is -2.51. The number of ether oxygens (including phenoxy) is 1. The number of carbonyl (C=O) groups is 2. The van der Waals surface area contributed by atoms with Gasteiger partial charge in [-0.1, -0.05) is 19.9 Å². The van der Waals surface area contributed by atoms with Crippen LogP contribution in [0.5, 0.6) is 0 Å². The van der Waals surface area contributed by atoms with Gasteiger partial charge in [-0.15, -0.1) is 11.3 Å². The van der Waals surface area contributed by atoms with Crippen molar-refractivity contribution in [1.29, 1.82) is 0 Å². The Labute approximate surface area is 183 Å². The average molecular weight is 455 g/mol. The van der Waals surface area contributed by atoms with Crippen molar-refractivity contribution in [1.82, 2.24) is 9.80 Å². The van der Waals surface area contributed by atoms with Crippen molar-refractivity contribution in [2.24, 2.45) is 5.92 Å². The van der Waals surface area contributed by atoms with Gasteiger partial charge in [0.2, 0.25) is 0 Å². The molecule has 1 saturated heterocycles. The van der Waals surface area contributed by atoms with Crippen molar-refractivity contribution in [2.75, 3.05) is 32.8 Å². The number of morpholine rings is 1. The molecule has 0 saturated carbocycles. The smallest absolute Gasteiger partial charge is 0.373 e. The lowest BCUT2D eigenvalue weighted by Gasteiger charge is -2.36. The molecule has 1 fully saturated rings. The highest BCUT2D eigenvalue weighted by Gasteiger charge is 2.31. The summed E-state index contributed by atoms with van der Waals surface area (Å²) < 4.78 is 44.3. The molecule has 0 aliphatic carbocycles. The van der Waals surface area contributed by atoms with E-state index in [0.29, 0.717) is 31.1 Å². The zero-order valence-corrected chi connectivity index (χ0v) is 18.2. The molecular formula is C22H25F3N2O3S. The van der Waals surface area contributed by atoms with E-state index >= 15 is 0 Å². The molecule has 0 N–H and O–H groups in total. The van der Waals surface area contributed by atoms with Crippen LogP contribution >= 0.6 is 11.3 Å². The van der Waals surface area contributed by atoms with E-state index in [-0.39, 0.29) is 35.9 Å². The fourth-order valence-electron chi connectivity index (χ4n) is 3.48. The Morgan fingerprint density at radius 3 is 2.52 bits per heavy atom. The van der Waals surface area contributed by atoms with Gasteiger partial charge in [-0.25, -0.2) is 0 Å². The van der Waals surface area contributed by atoms with Crippen LogP contribution in [0, 0.1) is 5.92 Å². The molecule has 5 nitrogen and oxygen atoms in total. The van der Waals surface area contributed by atoms with Gasteiger partial charge in [0.1, 0.15) is 0 Å². The van der Waals surface area contributed by atoms with Crippen LogP contribution in [-0.2, 0) is 10.9 Å². The Balaban J connectivity index is 1.70. The van der Waals surface area contributed by atoms with Gasteiger partial charge in [0.05, 0.1) is 23.2 Å². The second kappa shape index (κ2) is 9.82. The third-order valence-corrected chi connectivity index (χ3v) is 5.77. The lowest BCUT2D eigenvalue weighted by atomic mass is 10.1. The third kappa shape index (κ3) is 6.07. The summed E-state index contributed by atoms with van der Waals surface area (Å²) in [4.78, 5) is 29.6. The van der Waals surface area contributed by atoms with Gasteiger partial charge in [0, 0.05) is 31.7 Å². The van der Waals surface area contributed by atoms with Gasteiger partial charge >= 0.3 is 6.18 Å². The Kier molecular flexibility index (Phi) is 7.38. The van der Waals surface area contributed by atoms with Crippen LogP contribution in [0.3, 0.4) is 0 Å². The quantitative estimate of drug-likeness (QED) is 0.650. The maximum atomic E-state index is 13.0. The van der Waals surface area contributed by atoms with E-state index in [1.54, 1.807) is 15.9 Å². The number of thiophene rings is 1. The second-order valence-corrected chi connectivity index (χ2v) is 8.85. The van der Waals surface area contributed by atoms with Crippen LogP contribution in [-0.4, -0.2) is 60.5 Å². The van der Waals surface area contributed by atoms with Crippen LogP contribution in [0.15, 0.2) is 41.8 Å². The van der Waals surface area contributed by atoms with E-state index in [4.69, 9.17) is 4.74 Å². The number of carbonyl (C=O) groups excluding carboxylic acids is 2. The monoisotopic (exact) mass is 454 g/mol. The highest BCUT2D eigenvalue weighted by atomic mass is 32.1. The normalized spacial score (nSPS) is 17.1. The zero-order valence-electron chi connectivity index (χ0n) is 17.4. The molecule has 31 heavy (non-hydrogen) atoms. The highest BCUT2D eigenvalue weighted by molar-refractivity contribution is 7.12. The van der Waals surface area contributed by atoms with E-state index in [9.17, 15) is 22.8 Å². The minimum Gasteiger partial charge on any atom is -0.373 e. The summed E-state index contributed by atoms with van der Waals surface area (Å²) in [6.07, 6.45) is -4.82. The zero-order chi connectivity index (χ0) is 22.6. The summed E-state index contributed by atoms with van der Waals surface area (Å²) in [7, 11) is 0. The number of rotatable bonds is 6. The van der Waals surface area contributed by atoms with Crippen molar-refractivity contribution < 1.29 is 27.5 Å². The third-order valence-electron chi connectivity index (χ3n) is 4.91. The van der Waals surface area contributed by atoms with Gasteiger partial charge in [-0.3, -0.25) is 9.59 Å². The molecule has 1 aromatic heterocycles. The van der Waals surface area contributed by atoms with Crippen LogP contribution in [0.25, 0.3) is 0 Å². The molecular weight excluding hydrogens is 429 g/mol. The van der Waals surface area contributed by atoms with Gasteiger partial charge in [-0.2, -0.15) is 13.2 Å². The summed E-state index contributed by atoms with van der Waals surface area (Å²) in [6.45, 7) is 5.80. The Hall–Kier alpha value is -2.39. The van der Waals surface area contributed by atoms with Crippen LogP contribution in [0.1, 0.15) is 39.4 Å². The molecule has 1 aromatic carbocycles. The number of benzene rings is 1. The molecule has 0 spiro atoms. The Morgan fingerprint density at radius 1 is 1.23 bits per heavy atom. The van der Waals surface area contributed by atoms with Crippen LogP contribution < -0.4 is 0 Å². The molecule has 2 heterocycles. The number of nitrogens with zero attached hydrogens (tertiary/aromatic N) is 2. The van der Waals surface area contributed by atoms with Crippen LogP contribution in [0.2, 0.25) is 0 Å². The van der Waals surface area contributed by atoms with E-state index in [1.807, 2.05) is 25.3 Å². The van der Waals surface area contributed by atoms with Crippen LogP contribution in [0.4, 0.5) is 13.2 Å². The predicted molar refractivity (Wildman–Crippen MR) is 112 cm³/mol. The minimum absolute atomic E-state index is 0.0622. The molecule has 2 amide bonds. The number of halogens is 3. The maximum absolute atomic E-state index is 13.0. The SMILES string of the molecule is CC(C)CN(CC1CN(C(=O)c2cccs2)CCO1)C(=O)c1ccc(C(F)(F)F)cc1. The van der Waals surface area contributed by atoms with Gasteiger partial charge in [-0.05, 0) is 41.6 Å². The Morgan fingerprint density at radius 2 is 1.94 bits per heavy atom. The molecule has 9 heteroatoms. The first-order valence-corrected chi connectivity index (χ1v) is 10.9. The standard InChI is InChI=1S/C22H25F3N2O3S/c1-15(2)12-27(20(28)16-5-7-17(8-6-16)22(23,24)25)14-18-13-26(9-10-30-18)21(29)19-4-3-11-31-19/h3-8,11,15,18H,9-10,12-14H2,1-2H3. The predicted octanol–water partition coefficient (Wildman–Crippen LogP) is 4.41. The number of alkyl halides is 3. The first kappa shape index (κ1) is 23.3. The maximum Gasteiger partial charge on any atom is 0.416 e. The topological polar surface area (TPSA) is 49.9 Å². The number of hydrogen-bond donors (Lipinski definition) is 0. The fourth-order valence-corrected chi connectivity index (χ4v) is 4.17. The molecule has 3 rings (SSSR count). The molecule has 0 bridgehead atoms. The van der Waals surface area contributed by atoms with Crippen molar-refractivity contribution >= 4 is 23.2 Å². The molecule has 2 aromatic rings. The summed E-state index contributed by atoms with van der Waals surface area (Å²) in [6, 6.07) is 7.83. The van der Waals surface area contributed by atoms with Crippen molar-refractivity contribution in [3.63, 3.8) is 0 Å². The molecule has 168 valence electrons. The van der Waals surface area contributed by atoms with Gasteiger partial charge in [0.25, 0.3) is 11.8 Å². The van der Waals surface area contributed by atoms with Crippen molar-refractivity contribution in [3.8, 4) is 0 Å². The average Bonchev–Trinajstić information content (AvgIpc) is 3.26. The molecule has 0 radical (unpaired) electrons. The van der Waals surface area contributed by atoms with E-state index in [2.05, 4.69) is 0 Å². The van der Waals surface area contributed by atoms with Crippen molar-refractivity contribution in [2.45, 2.75) is 26.1 Å². The first-order valence-electron chi connectivity index (χ1n) is 10.1. The fraction of sp³-hybridized carbons (Fsp3) is 0.455. The summed E-state index contributed by atoms with van der Waals surface area (Å²) in [5.74, 6) is -0.258. The van der Waals surface area contributed by atoms with E-state index in [1.165, 1.54) is 23.5 Å².